The molecule has 0 spiro atoms. The standard InChI is InChI=1S/C19H32N2O4S/c1-19(2,12-15-26(23,24)14-9-13-21(3,4)5)20-18(22)25-16-17-10-7-6-8-11-17/h6-8,10-11H,9,12-16H2,1-5H3/p+1. The van der Waals surface area contributed by atoms with E-state index in [-0.39, 0.29) is 18.1 Å². The van der Waals surface area contributed by atoms with E-state index in [1.165, 1.54) is 0 Å². The van der Waals surface area contributed by atoms with Gasteiger partial charge in [-0.2, -0.15) is 0 Å². The van der Waals surface area contributed by atoms with Gasteiger partial charge in [0.15, 0.2) is 9.84 Å². The zero-order chi connectivity index (χ0) is 19.8. The number of carbonyl (C=O) groups is 1. The summed E-state index contributed by atoms with van der Waals surface area (Å²) in [6.07, 6.45) is 0.445. The van der Waals surface area contributed by atoms with Crippen LogP contribution in [0.1, 0.15) is 32.3 Å². The number of sulfone groups is 1. The summed E-state index contributed by atoms with van der Waals surface area (Å²) in [5.74, 6) is 0.229. The lowest BCUT2D eigenvalue weighted by Crippen LogP contribution is -2.45. The van der Waals surface area contributed by atoms with Gasteiger partial charge >= 0.3 is 6.09 Å². The maximum absolute atomic E-state index is 12.2. The Morgan fingerprint density at radius 1 is 1.12 bits per heavy atom. The highest BCUT2D eigenvalue weighted by atomic mass is 32.2. The largest absolute Gasteiger partial charge is 0.445 e. The topological polar surface area (TPSA) is 72.5 Å². The van der Waals surface area contributed by atoms with E-state index >= 15 is 0 Å². The third-order valence-corrected chi connectivity index (χ3v) is 5.71. The molecule has 0 aliphatic carbocycles. The van der Waals surface area contributed by atoms with Gasteiger partial charge in [0.2, 0.25) is 0 Å². The molecule has 148 valence electrons. The molecule has 0 bridgehead atoms. The van der Waals surface area contributed by atoms with Crippen LogP contribution in [0.15, 0.2) is 30.3 Å². The van der Waals surface area contributed by atoms with E-state index in [2.05, 4.69) is 5.32 Å². The summed E-state index contributed by atoms with van der Waals surface area (Å²) in [7, 11) is 3.00. The number of quaternary nitrogens is 1. The summed E-state index contributed by atoms with van der Waals surface area (Å²) in [4.78, 5) is 12.0. The molecule has 0 aliphatic heterocycles. The Morgan fingerprint density at radius 2 is 1.73 bits per heavy atom. The molecule has 0 fully saturated rings. The van der Waals surface area contributed by atoms with Crippen LogP contribution in [0.3, 0.4) is 0 Å². The van der Waals surface area contributed by atoms with Gasteiger partial charge in [-0.25, -0.2) is 13.2 Å². The van der Waals surface area contributed by atoms with Crippen LogP contribution in [0, 0.1) is 0 Å². The van der Waals surface area contributed by atoms with Crippen LogP contribution in [0.2, 0.25) is 0 Å². The fourth-order valence-electron chi connectivity index (χ4n) is 2.37. The Labute approximate surface area is 158 Å². The SMILES string of the molecule is CC(C)(CCS(=O)(=O)CCC[N+](C)(C)C)NC(=O)OCc1ccccc1. The molecule has 0 aliphatic rings. The molecule has 1 aromatic carbocycles. The Bertz CT molecular complexity index is 665. The van der Waals surface area contributed by atoms with Crippen molar-refractivity contribution in [3.05, 3.63) is 35.9 Å². The second-order valence-corrected chi connectivity index (χ2v) is 10.6. The van der Waals surface area contributed by atoms with Gasteiger partial charge in [0.1, 0.15) is 6.61 Å². The molecule has 6 nitrogen and oxygen atoms in total. The molecular formula is C19H33N2O4S+. The Morgan fingerprint density at radius 3 is 2.31 bits per heavy atom. The van der Waals surface area contributed by atoms with Gasteiger partial charge in [-0.3, -0.25) is 0 Å². The number of carbonyl (C=O) groups excluding carboxylic acids is 1. The minimum Gasteiger partial charge on any atom is -0.445 e. The summed E-state index contributed by atoms with van der Waals surface area (Å²) in [6, 6.07) is 9.41. The van der Waals surface area contributed by atoms with E-state index in [1.807, 2.05) is 51.5 Å². The first-order valence-electron chi connectivity index (χ1n) is 8.88. The van der Waals surface area contributed by atoms with E-state index in [9.17, 15) is 13.2 Å². The second-order valence-electron chi connectivity index (χ2n) is 8.34. The van der Waals surface area contributed by atoms with Crippen LogP contribution >= 0.6 is 0 Å². The van der Waals surface area contributed by atoms with Crippen LogP contribution in [0.4, 0.5) is 4.79 Å². The smallest absolute Gasteiger partial charge is 0.407 e. The highest BCUT2D eigenvalue weighted by molar-refractivity contribution is 7.91. The van der Waals surface area contributed by atoms with Gasteiger partial charge in [-0.05, 0) is 25.8 Å². The second kappa shape index (κ2) is 9.37. The van der Waals surface area contributed by atoms with Crippen molar-refractivity contribution in [3.8, 4) is 0 Å². The molecule has 7 heteroatoms. The lowest BCUT2D eigenvalue weighted by atomic mass is 10.0. The summed E-state index contributed by atoms with van der Waals surface area (Å²) in [5.41, 5.74) is 0.251. The van der Waals surface area contributed by atoms with E-state index in [0.717, 1.165) is 16.6 Å². The highest BCUT2D eigenvalue weighted by Gasteiger charge is 2.24. The average Bonchev–Trinajstić information content (AvgIpc) is 2.50. The molecular weight excluding hydrogens is 352 g/mol. The molecule has 26 heavy (non-hydrogen) atoms. The van der Waals surface area contributed by atoms with Crippen molar-refractivity contribution in [1.82, 2.24) is 5.32 Å². The minimum atomic E-state index is -3.13. The molecule has 1 amide bonds. The predicted molar refractivity (Wildman–Crippen MR) is 105 cm³/mol. The number of hydrogen-bond donors (Lipinski definition) is 1. The molecule has 1 aromatic rings. The number of ether oxygens (including phenoxy) is 1. The van der Waals surface area contributed by atoms with Gasteiger partial charge in [-0.1, -0.05) is 30.3 Å². The molecule has 0 saturated heterocycles. The highest BCUT2D eigenvalue weighted by Crippen LogP contribution is 2.12. The van der Waals surface area contributed by atoms with E-state index in [1.54, 1.807) is 13.8 Å². The first-order chi connectivity index (χ1) is 11.9. The van der Waals surface area contributed by atoms with E-state index in [0.29, 0.717) is 12.8 Å². The third kappa shape index (κ3) is 10.4. The molecule has 0 heterocycles. The van der Waals surface area contributed by atoms with Gasteiger partial charge in [0.25, 0.3) is 0 Å². The number of benzene rings is 1. The molecule has 0 atom stereocenters. The van der Waals surface area contributed by atoms with Crippen LogP contribution in [0.5, 0.6) is 0 Å². The first-order valence-corrected chi connectivity index (χ1v) is 10.7. The zero-order valence-electron chi connectivity index (χ0n) is 16.6. The Balaban J connectivity index is 2.38. The monoisotopic (exact) mass is 385 g/mol. The van der Waals surface area contributed by atoms with Crippen molar-refractivity contribution in [3.63, 3.8) is 0 Å². The molecule has 0 unspecified atom stereocenters. The number of nitrogens with one attached hydrogen (secondary N) is 1. The molecule has 1 N–H and O–H groups in total. The number of rotatable bonds is 10. The fraction of sp³-hybridized carbons (Fsp3) is 0.632. The summed E-state index contributed by atoms with van der Waals surface area (Å²) >= 11 is 0. The van der Waals surface area contributed by atoms with Gasteiger partial charge < -0.3 is 14.5 Å². The van der Waals surface area contributed by atoms with E-state index in [4.69, 9.17) is 4.74 Å². The van der Waals surface area contributed by atoms with Gasteiger partial charge in [-0.15, -0.1) is 0 Å². The van der Waals surface area contributed by atoms with Crippen LogP contribution in [0.25, 0.3) is 0 Å². The predicted octanol–water partition coefficient (Wildman–Crippen LogP) is 2.59. The van der Waals surface area contributed by atoms with Crippen molar-refractivity contribution in [2.24, 2.45) is 0 Å². The zero-order valence-corrected chi connectivity index (χ0v) is 17.4. The minimum absolute atomic E-state index is 0.0517. The lowest BCUT2D eigenvalue weighted by molar-refractivity contribution is -0.870. The first kappa shape index (κ1) is 22.4. The van der Waals surface area contributed by atoms with Crippen LogP contribution in [-0.4, -0.2) is 63.7 Å². The molecule has 0 radical (unpaired) electrons. The third-order valence-electron chi connectivity index (χ3n) is 3.98. The van der Waals surface area contributed by atoms with Gasteiger partial charge in [0, 0.05) is 12.0 Å². The number of alkyl carbamates (subject to hydrolysis) is 1. The average molecular weight is 386 g/mol. The summed E-state index contributed by atoms with van der Waals surface area (Å²) < 4.78 is 30.4. The lowest BCUT2D eigenvalue weighted by Gasteiger charge is -2.26. The maximum Gasteiger partial charge on any atom is 0.407 e. The summed E-state index contributed by atoms with van der Waals surface area (Å²) in [5, 5.41) is 2.75. The van der Waals surface area contributed by atoms with E-state index < -0.39 is 21.5 Å². The summed E-state index contributed by atoms with van der Waals surface area (Å²) in [6.45, 7) is 4.61. The molecule has 0 saturated carbocycles. The fourth-order valence-corrected chi connectivity index (χ4v) is 3.96. The number of nitrogens with zero attached hydrogens (tertiary/aromatic N) is 1. The maximum atomic E-state index is 12.2. The molecule has 1 rings (SSSR count). The van der Waals surface area contributed by atoms with Crippen molar-refractivity contribution in [2.75, 3.05) is 39.2 Å². The van der Waals surface area contributed by atoms with Crippen molar-refractivity contribution >= 4 is 15.9 Å². The van der Waals surface area contributed by atoms with Gasteiger partial charge in [0.05, 0.1) is 39.2 Å². The van der Waals surface area contributed by atoms with Crippen LogP contribution < -0.4 is 5.32 Å². The molecule has 0 aromatic heterocycles. The Hall–Kier alpha value is -1.60. The van der Waals surface area contributed by atoms with Crippen molar-refractivity contribution in [2.45, 2.75) is 38.8 Å². The Kier molecular flexibility index (Phi) is 8.09. The number of amides is 1. The van der Waals surface area contributed by atoms with Crippen molar-refractivity contribution in [1.29, 1.82) is 0 Å². The normalized spacial score (nSPS) is 12.7. The quantitative estimate of drug-likeness (QED) is 0.629. The van der Waals surface area contributed by atoms with Crippen molar-refractivity contribution < 1.29 is 22.4 Å². The number of hydrogen-bond acceptors (Lipinski definition) is 4. The van der Waals surface area contributed by atoms with Crippen LogP contribution in [-0.2, 0) is 21.2 Å².